The van der Waals surface area contributed by atoms with Crippen LogP contribution in [0.15, 0.2) is 0 Å². The molecule has 0 radical (unpaired) electrons. The van der Waals surface area contributed by atoms with Gasteiger partial charge in [-0.2, -0.15) is 0 Å². The maximum Gasteiger partial charge on any atom is 0.303 e. The van der Waals surface area contributed by atoms with Crippen LogP contribution >= 0.6 is 0 Å². The summed E-state index contributed by atoms with van der Waals surface area (Å²) in [6.45, 7) is 2.06. The number of piperidine rings is 1. The van der Waals surface area contributed by atoms with E-state index < -0.39 is 5.97 Å². The zero-order valence-electron chi connectivity index (χ0n) is 10.3. The second-order valence-electron chi connectivity index (χ2n) is 5.50. The minimum Gasteiger partial charge on any atom is -0.481 e. The largest absolute Gasteiger partial charge is 0.481 e. The van der Waals surface area contributed by atoms with Crippen molar-refractivity contribution in [3.63, 3.8) is 0 Å². The molecule has 0 spiro atoms. The first kappa shape index (κ1) is 12.8. The number of likely N-dealkylation sites (tertiary alicyclic amines) is 1. The smallest absolute Gasteiger partial charge is 0.303 e. The zero-order valence-corrected chi connectivity index (χ0v) is 10.3. The molecule has 2 N–H and O–H groups in total. The van der Waals surface area contributed by atoms with Gasteiger partial charge in [0.05, 0.1) is 6.10 Å². The Hall–Kier alpha value is -0.610. The van der Waals surface area contributed by atoms with Gasteiger partial charge in [0.15, 0.2) is 0 Å². The van der Waals surface area contributed by atoms with E-state index in [4.69, 9.17) is 5.11 Å². The van der Waals surface area contributed by atoms with Crippen LogP contribution in [0.4, 0.5) is 0 Å². The number of carbonyl (C=O) groups is 1. The van der Waals surface area contributed by atoms with E-state index in [1.165, 1.54) is 0 Å². The summed E-state index contributed by atoms with van der Waals surface area (Å²) in [6.07, 6.45) is 6.37. The number of aliphatic hydroxyl groups excluding tert-OH is 1. The molecule has 3 atom stereocenters. The van der Waals surface area contributed by atoms with E-state index in [-0.39, 0.29) is 12.5 Å². The number of hydrogen-bond acceptors (Lipinski definition) is 3. The highest BCUT2D eigenvalue weighted by atomic mass is 16.4. The predicted octanol–water partition coefficient (Wildman–Crippen LogP) is 1.48. The Morgan fingerprint density at radius 1 is 1.24 bits per heavy atom. The van der Waals surface area contributed by atoms with Crippen LogP contribution < -0.4 is 0 Å². The third-order valence-electron chi connectivity index (χ3n) is 4.23. The fourth-order valence-electron chi connectivity index (χ4n) is 3.31. The van der Waals surface area contributed by atoms with Gasteiger partial charge in [0.2, 0.25) is 0 Å². The third-order valence-corrected chi connectivity index (χ3v) is 4.23. The molecule has 1 heterocycles. The Morgan fingerprint density at radius 2 is 2.06 bits per heavy atom. The van der Waals surface area contributed by atoms with E-state index in [2.05, 4.69) is 4.90 Å². The van der Waals surface area contributed by atoms with Crippen molar-refractivity contribution >= 4 is 5.97 Å². The summed E-state index contributed by atoms with van der Waals surface area (Å²) in [5, 5.41) is 18.6. The van der Waals surface area contributed by atoms with E-state index in [1.54, 1.807) is 0 Å². The number of rotatable bonds is 4. The lowest BCUT2D eigenvalue weighted by atomic mass is 9.92. The Kier molecular flexibility index (Phi) is 4.40. The monoisotopic (exact) mass is 241 g/mol. The molecule has 2 aliphatic rings. The molecule has 1 aliphatic carbocycles. The third kappa shape index (κ3) is 3.42. The summed E-state index contributed by atoms with van der Waals surface area (Å²) in [7, 11) is 0. The number of aliphatic carboxylic acids is 1. The van der Waals surface area contributed by atoms with Crippen molar-refractivity contribution < 1.29 is 15.0 Å². The van der Waals surface area contributed by atoms with E-state index in [0.717, 1.165) is 51.6 Å². The van der Waals surface area contributed by atoms with Gasteiger partial charge in [-0.25, -0.2) is 0 Å². The molecule has 0 amide bonds. The molecule has 0 aromatic heterocycles. The highest BCUT2D eigenvalue weighted by Gasteiger charge is 2.33. The van der Waals surface area contributed by atoms with Crippen molar-refractivity contribution in [3.05, 3.63) is 0 Å². The Labute approximate surface area is 103 Å². The number of carboxylic acid groups (broad SMARTS) is 1. The first-order chi connectivity index (χ1) is 8.16. The number of hydrogen-bond donors (Lipinski definition) is 2. The summed E-state index contributed by atoms with van der Waals surface area (Å²) in [5.74, 6) is -0.185. The molecule has 0 bridgehead atoms. The first-order valence-electron chi connectivity index (χ1n) is 6.80. The molecule has 98 valence electrons. The van der Waals surface area contributed by atoms with Crippen LogP contribution in [-0.4, -0.2) is 46.3 Å². The summed E-state index contributed by atoms with van der Waals surface area (Å²) < 4.78 is 0. The van der Waals surface area contributed by atoms with Crippen LogP contribution in [0, 0.1) is 5.92 Å². The minimum atomic E-state index is -0.692. The molecular formula is C13H23NO3. The van der Waals surface area contributed by atoms with Crippen LogP contribution in [0.3, 0.4) is 0 Å². The lowest BCUT2D eigenvalue weighted by Gasteiger charge is -2.38. The second kappa shape index (κ2) is 5.83. The minimum absolute atomic E-state index is 0.159. The molecule has 1 saturated heterocycles. The molecule has 2 rings (SSSR count). The zero-order chi connectivity index (χ0) is 12.3. The van der Waals surface area contributed by atoms with Crippen molar-refractivity contribution in [1.82, 2.24) is 4.90 Å². The van der Waals surface area contributed by atoms with E-state index in [0.29, 0.717) is 12.0 Å². The van der Waals surface area contributed by atoms with Crippen LogP contribution in [-0.2, 0) is 4.79 Å². The van der Waals surface area contributed by atoms with Crippen LogP contribution in [0.2, 0.25) is 0 Å². The lowest BCUT2D eigenvalue weighted by molar-refractivity contribution is -0.137. The fourth-order valence-corrected chi connectivity index (χ4v) is 3.31. The average molecular weight is 241 g/mol. The quantitative estimate of drug-likeness (QED) is 0.782. The van der Waals surface area contributed by atoms with Gasteiger partial charge in [0.1, 0.15) is 0 Å². The fraction of sp³-hybridized carbons (Fsp3) is 0.923. The highest BCUT2D eigenvalue weighted by Crippen LogP contribution is 2.29. The maximum atomic E-state index is 10.6. The normalized spacial score (nSPS) is 35.0. The van der Waals surface area contributed by atoms with Gasteiger partial charge < -0.3 is 10.2 Å². The van der Waals surface area contributed by atoms with Gasteiger partial charge in [-0.15, -0.1) is 0 Å². The van der Waals surface area contributed by atoms with Crippen LogP contribution in [0.25, 0.3) is 0 Å². The standard InChI is InChI=1S/C13H23NO3/c15-12-5-1-4-11(12)14-8-2-3-10(9-14)6-7-13(16)17/h10-12,15H,1-9H2,(H,16,17). The number of carboxylic acids is 1. The van der Waals surface area contributed by atoms with Crippen LogP contribution in [0.5, 0.6) is 0 Å². The summed E-state index contributed by atoms with van der Waals surface area (Å²) in [5.41, 5.74) is 0. The van der Waals surface area contributed by atoms with Crippen molar-refractivity contribution in [2.75, 3.05) is 13.1 Å². The molecule has 0 aromatic rings. The maximum absolute atomic E-state index is 10.6. The molecule has 1 aliphatic heterocycles. The SMILES string of the molecule is O=C(O)CCC1CCCN(C2CCCC2O)C1. The van der Waals surface area contributed by atoms with Gasteiger partial charge >= 0.3 is 5.97 Å². The highest BCUT2D eigenvalue weighted by molar-refractivity contribution is 5.66. The molecule has 1 saturated carbocycles. The van der Waals surface area contributed by atoms with Crippen LogP contribution in [0.1, 0.15) is 44.9 Å². The molecule has 4 heteroatoms. The molecule has 0 aromatic carbocycles. The number of aliphatic hydroxyl groups is 1. The summed E-state index contributed by atoms with van der Waals surface area (Å²) in [6, 6.07) is 0.336. The van der Waals surface area contributed by atoms with E-state index in [1.807, 2.05) is 0 Å². The Bertz CT molecular complexity index is 269. The number of nitrogens with zero attached hydrogens (tertiary/aromatic N) is 1. The van der Waals surface area contributed by atoms with Gasteiger partial charge in [0.25, 0.3) is 0 Å². The van der Waals surface area contributed by atoms with Gasteiger partial charge in [-0.05, 0) is 51.0 Å². The molecule has 3 unspecified atom stereocenters. The van der Waals surface area contributed by atoms with E-state index >= 15 is 0 Å². The van der Waals surface area contributed by atoms with Crippen molar-refractivity contribution in [2.24, 2.45) is 5.92 Å². The van der Waals surface area contributed by atoms with Crippen molar-refractivity contribution in [1.29, 1.82) is 0 Å². The predicted molar refractivity (Wildman–Crippen MR) is 64.8 cm³/mol. The lowest BCUT2D eigenvalue weighted by Crippen LogP contribution is -2.46. The second-order valence-corrected chi connectivity index (χ2v) is 5.50. The topological polar surface area (TPSA) is 60.8 Å². The molecule has 17 heavy (non-hydrogen) atoms. The summed E-state index contributed by atoms with van der Waals surface area (Å²) in [4.78, 5) is 13.0. The Morgan fingerprint density at radius 3 is 2.71 bits per heavy atom. The van der Waals surface area contributed by atoms with E-state index in [9.17, 15) is 9.90 Å². The summed E-state index contributed by atoms with van der Waals surface area (Å²) >= 11 is 0. The van der Waals surface area contributed by atoms with Crippen molar-refractivity contribution in [2.45, 2.75) is 57.1 Å². The van der Waals surface area contributed by atoms with Gasteiger partial charge in [-0.1, -0.05) is 0 Å². The van der Waals surface area contributed by atoms with Crippen molar-refractivity contribution in [3.8, 4) is 0 Å². The Balaban J connectivity index is 1.82. The van der Waals surface area contributed by atoms with Gasteiger partial charge in [-0.3, -0.25) is 9.69 Å². The molecular weight excluding hydrogens is 218 g/mol. The molecule has 2 fully saturated rings. The average Bonchev–Trinajstić information content (AvgIpc) is 2.73. The molecule has 4 nitrogen and oxygen atoms in total. The first-order valence-corrected chi connectivity index (χ1v) is 6.80. The van der Waals surface area contributed by atoms with Gasteiger partial charge in [0, 0.05) is 19.0 Å².